The lowest BCUT2D eigenvalue weighted by molar-refractivity contribution is 0.145. The molecule has 0 aliphatic heterocycles. The highest BCUT2D eigenvalue weighted by Gasteiger charge is 2.19. The molecule has 0 aromatic heterocycles. The molecule has 0 saturated carbocycles. The Labute approximate surface area is 131 Å². The molecule has 0 amide bonds. The van der Waals surface area contributed by atoms with Gasteiger partial charge in [-0.05, 0) is 44.4 Å². The van der Waals surface area contributed by atoms with Crippen molar-refractivity contribution in [1.29, 1.82) is 0 Å². The van der Waals surface area contributed by atoms with Crippen molar-refractivity contribution in [2.75, 3.05) is 13.1 Å². The van der Waals surface area contributed by atoms with Gasteiger partial charge in [0.1, 0.15) is 0 Å². The molecule has 2 nitrogen and oxygen atoms in total. The summed E-state index contributed by atoms with van der Waals surface area (Å²) in [4.78, 5) is 2.44. The van der Waals surface area contributed by atoms with E-state index in [9.17, 15) is 0 Å². The molecule has 21 heavy (non-hydrogen) atoms. The highest BCUT2D eigenvalue weighted by molar-refractivity contribution is 5.22. The van der Waals surface area contributed by atoms with Crippen LogP contribution in [0.2, 0.25) is 0 Å². The highest BCUT2D eigenvalue weighted by Crippen LogP contribution is 2.17. The maximum absolute atomic E-state index is 3.87. The summed E-state index contributed by atoms with van der Waals surface area (Å²) in [6.45, 7) is 19.0. The molecule has 0 aliphatic carbocycles. The van der Waals surface area contributed by atoms with Gasteiger partial charge in [-0.2, -0.15) is 0 Å². The summed E-state index contributed by atoms with van der Waals surface area (Å²) >= 11 is 0. The molecule has 2 heteroatoms. The summed E-state index contributed by atoms with van der Waals surface area (Å²) in [5.74, 6) is 0.698. The van der Waals surface area contributed by atoms with Crippen LogP contribution in [0.1, 0.15) is 45.7 Å². The van der Waals surface area contributed by atoms with Crippen molar-refractivity contribution >= 4 is 0 Å². The highest BCUT2D eigenvalue weighted by atomic mass is 15.2. The van der Waals surface area contributed by atoms with Crippen molar-refractivity contribution in [2.24, 2.45) is 5.92 Å². The van der Waals surface area contributed by atoms with Crippen LogP contribution in [0.5, 0.6) is 0 Å². The standard InChI is InChI=1S/C19H32N2/c1-7-12-21(19(4,5)6)15-18-10-8-17(9-11-18)14-20-13-16(2)3/h7-11,16,20H,1,12-15H2,2-6H3. The van der Waals surface area contributed by atoms with Crippen LogP contribution in [0.4, 0.5) is 0 Å². The molecule has 0 atom stereocenters. The lowest BCUT2D eigenvalue weighted by Gasteiger charge is -2.34. The predicted octanol–water partition coefficient (Wildman–Crippen LogP) is 4.22. The summed E-state index contributed by atoms with van der Waals surface area (Å²) < 4.78 is 0. The first kappa shape index (κ1) is 17.9. The Bertz CT molecular complexity index is 412. The van der Waals surface area contributed by atoms with Gasteiger partial charge in [0.05, 0.1) is 0 Å². The van der Waals surface area contributed by atoms with E-state index in [2.05, 4.69) is 75.7 Å². The van der Waals surface area contributed by atoms with Gasteiger partial charge in [0.15, 0.2) is 0 Å². The molecule has 0 fully saturated rings. The molecule has 1 aromatic rings. The number of nitrogens with one attached hydrogen (secondary N) is 1. The van der Waals surface area contributed by atoms with Crippen molar-refractivity contribution in [2.45, 2.75) is 53.2 Å². The van der Waals surface area contributed by atoms with Gasteiger partial charge in [-0.1, -0.05) is 44.2 Å². The quantitative estimate of drug-likeness (QED) is 0.721. The first-order chi connectivity index (χ1) is 9.82. The molecule has 0 bridgehead atoms. The molecule has 0 radical (unpaired) electrons. The summed E-state index contributed by atoms with van der Waals surface area (Å²) in [6.07, 6.45) is 1.98. The number of benzene rings is 1. The van der Waals surface area contributed by atoms with E-state index in [1.165, 1.54) is 11.1 Å². The van der Waals surface area contributed by atoms with Crippen LogP contribution in [0.25, 0.3) is 0 Å². The Kier molecular flexibility index (Phi) is 7.13. The zero-order chi connectivity index (χ0) is 15.9. The molecule has 1 N–H and O–H groups in total. The van der Waals surface area contributed by atoms with E-state index in [1.54, 1.807) is 0 Å². The van der Waals surface area contributed by atoms with Gasteiger partial charge in [0, 0.05) is 25.2 Å². The Morgan fingerprint density at radius 1 is 1.14 bits per heavy atom. The van der Waals surface area contributed by atoms with Gasteiger partial charge in [-0.25, -0.2) is 0 Å². The largest absolute Gasteiger partial charge is 0.312 e. The minimum Gasteiger partial charge on any atom is -0.312 e. The van der Waals surface area contributed by atoms with Crippen molar-refractivity contribution in [3.63, 3.8) is 0 Å². The fourth-order valence-electron chi connectivity index (χ4n) is 2.22. The zero-order valence-corrected chi connectivity index (χ0v) is 14.4. The third-order valence-corrected chi connectivity index (χ3v) is 3.58. The lowest BCUT2D eigenvalue weighted by Crippen LogP contribution is -2.40. The van der Waals surface area contributed by atoms with E-state index >= 15 is 0 Å². The molecular formula is C19H32N2. The molecule has 1 aromatic carbocycles. The van der Waals surface area contributed by atoms with Gasteiger partial charge in [-0.3, -0.25) is 4.90 Å². The van der Waals surface area contributed by atoms with Crippen LogP contribution in [0.15, 0.2) is 36.9 Å². The van der Waals surface area contributed by atoms with E-state index in [0.29, 0.717) is 5.92 Å². The summed E-state index contributed by atoms with van der Waals surface area (Å²) in [7, 11) is 0. The Morgan fingerprint density at radius 3 is 2.19 bits per heavy atom. The lowest BCUT2D eigenvalue weighted by atomic mass is 10.0. The van der Waals surface area contributed by atoms with Crippen LogP contribution >= 0.6 is 0 Å². The molecule has 1 rings (SSSR count). The SMILES string of the molecule is C=CCN(Cc1ccc(CNCC(C)C)cc1)C(C)(C)C. The molecule has 118 valence electrons. The maximum Gasteiger partial charge on any atom is 0.0242 e. The van der Waals surface area contributed by atoms with Gasteiger partial charge in [0.25, 0.3) is 0 Å². The van der Waals surface area contributed by atoms with Crippen LogP contribution in [0, 0.1) is 5.92 Å². The zero-order valence-electron chi connectivity index (χ0n) is 14.4. The minimum atomic E-state index is 0.158. The van der Waals surface area contributed by atoms with Crippen molar-refractivity contribution < 1.29 is 0 Å². The van der Waals surface area contributed by atoms with E-state index in [-0.39, 0.29) is 5.54 Å². The third-order valence-electron chi connectivity index (χ3n) is 3.58. The summed E-state index contributed by atoms with van der Waals surface area (Å²) in [5.41, 5.74) is 2.87. The van der Waals surface area contributed by atoms with E-state index in [1.807, 2.05) is 6.08 Å². The second-order valence-electron chi connectivity index (χ2n) is 7.18. The van der Waals surface area contributed by atoms with Crippen LogP contribution in [-0.4, -0.2) is 23.5 Å². The smallest absolute Gasteiger partial charge is 0.0242 e. The Morgan fingerprint density at radius 2 is 1.71 bits per heavy atom. The number of hydrogen-bond donors (Lipinski definition) is 1. The Balaban J connectivity index is 2.58. The molecule has 0 unspecified atom stereocenters. The second-order valence-corrected chi connectivity index (χ2v) is 7.18. The van der Waals surface area contributed by atoms with Crippen molar-refractivity contribution in [3.05, 3.63) is 48.0 Å². The molecule has 0 heterocycles. The predicted molar refractivity (Wildman–Crippen MR) is 93.3 cm³/mol. The number of hydrogen-bond acceptors (Lipinski definition) is 2. The van der Waals surface area contributed by atoms with Crippen molar-refractivity contribution in [1.82, 2.24) is 10.2 Å². The van der Waals surface area contributed by atoms with Crippen molar-refractivity contribution in [3.8, 4) is 0 Å². The van der Waals surface area contributed by atoms with E-state index < -0.39 is 0 Å². The van der Waals surface area contributed by atoms with Gasteiger partial charge < -0.3 is 5.32 Å². The molecule has 0 saturated heterocycles. The van der Waals surface area contributed by atoms with E-state index in [4.69, 9.17) is 0 Å². The minimum absolute atomic E-state index is 0.158. The average Bonchev–Trinajstić information content (AvgIpc) is 2.38. The molecular weight excluding hydrogens is 256 g/mol. The number of nitrogens with zero attached hydrogens (tertiary/aromatic N) is 1. The summed E-state index contributed by atoms with van der Waals surface area (Å²) in [5, 5.41) is 3.48. The monoisotopic (exact) mass is 288 g/mol. The normalized spacial score (nSPS) is 12.1. The van der Waals surface area contributed by atoms with Crippen LogP contribution in [-0.2, 0) is 13.1 Å². The number of rotatable bonds is 8. The van der Waals surface area contributed by atoms with Gasteiger partial charge in [0.2, 0.25) is 0 Å². The third kappa shape index (κ3) is 6.92. The molecule has 0 spiro atoms. The fraction of sp³-hybridized carbons (Fsp3) is 0.579. The van der Waals surface area contributed by atoms with E-state index in [0.717, 1.165) is 26.2 Å². The van der Waals surface area contributed by atoms with Crippen LogP contribution < -0.4 is 5.32 Å². The molecule has 0 aliphatic rings. The second kappa shape index (κ2) is 8.35. The van der Waals surface area contributed by atoms with Gasteiger partial charge >= 0.3 is 0 Å². The average molecular weight is 288 g/mol. The fourth-order valence-corrected chi connectivity index (χ4v) is 2.22. The topological polar surface area (TPSA) is 15.3 Å². The van der Waals surface area contributed by atoms with Gasteiger partial charge in [-0.15, -0.1) is 6.58 Å². The maximum atomic E-state index is 3.87. The Hall–Kier alpha value is -1.12. The van der Waals surface area contributed by atoms with Crippen LogP contribution in [0.3, 0.4) is 0 Å². The first-order valence-electron chi connectivity index (χ1n) is 7.97. The summed E-state index contributed by atoms with van der Waals surface area (Å²) in [6, 6.07) is 8.96. The first-order valence-corrected chi connectivity index (χ1v) is 7.97.